The predicted molar refractivity (Wildman–Crippen MR) is 84.6 cm³/mol. The third-order valence-corrected chi connectivity index (χ3v) is 4.20. The first-order chi connectivity index (χ1) is 10.1. The second kappa shape index (κ2) is 7.66. The Hall–Kier alpha value is -1.26. The van der Waals surface area contributed by atoms with Crippen LogP contribution >= 0.6 is 11.6 Å². The molecule has 0 saturated carbocycles. The zero-order chi connectivity index (χ0) is 15.2. The van der Waals surface area contributed by atoms with E-state index in [-0.39, 0.29) is 18.0 Å². The molecule has 116 valence electrons. The molecule has 1 aromatic carbocycles. The normalized spacial score (nSPS) is 20.1. The smallest absolute Gasteiger partial charge is 0.226 e. The molecule has 1 saturated heterocycles. The van der Waals surface area contributed by atoms with Gasteiger partial charge < -0.3 is 15.4 Å². The summed E-state index contributed by atoms with van der Waals surface area (Å²) in [5.74, 6) is 0.735. The van der Waals surface area contributed by atoms with Gasteiger partial charge in [-0.3, -0.25) is 4.79 Å². The van der Waals surface area contributed by atoms with Crippen molar-refractivity contribution in [1.29, 1.82) is 0 Å². The number of para-hydroxylation sites is 1. The number of piperidine rings is 1. The van der Waals surface area contributed by atoms with Crippen molar-refractivity contribution in [3.05, 3.63) is 29.3 Å². The number of likely N-dealkylation sites (tertiary alicyclic amines) is 1. The second-order valence-corrected chi connectivity index (χ2v) is 5.95. The van der Waals surface area contributed by atoms with Crippen molar-refractivity contribution in [1.82, 2.24) is 4.90 Å². The number of carbonyl (C=O) groups is 1. The van der Waals surface area contributed by atoms with E-state index in [1.54, 1.807) is 12.1 Å². The standard InChI is InChI=1S/C16H23ClN2O2/c1-12(18)14-7-4-5-10-19(14)16(20)9-11-21-15-8-3-2-6-13(15)17/h2-3,6,8,12,14H,4-5,7,9-11,18H2,1H3. The summed E-state index contributed by atoms with van der Waals surface area (Å²) >= 11 is 6.02. The molecule has 0 aromatic heterocycles. The van der Waals surface area contributed by atoms with Crippen LogP contribution in [-0.4, -0.2) is 36.0 Å². The first-order valence-electron chi connectivity index (χ1n) is 7.52. The van der Waals surface area contributed by atoms with E-state index in [1.807, 2.05) is 24.0 Å². The fraction of sp³-hybridized carbons (Fsp3) is 0.562. The van der Waals surface area contributed by atoms with Crippen LogP contribution in [0.5, 0.6) is 5.75 Å². The molecular weight excluding hydrogens is 288 g/mol. The SMILES string of the molecule is CC(N)C1CCCCN1C(=O)CCOc1ccccc1Cl. The van der Waals surface area contributed by atoms with E-state index in [2.05, 4.69) is 0 Å². The van der Waals surface area contributed by atoms with Crippen LogP contribution in [0.3, 0.4) is 0 Å². The fourth-order valence-corrected chi connectivity index (χ4v) is 2.96. The summed E-state index contributed by atoms with van der Waals surface area (Å²) in [6.07, 6.45) is 3.55. The molecule has 5 heteroatoms. The summed E-state index contributed by atoms with van der Waals surface area (Å²) in [5.41, 5.74) is 5.99. The summed E-state index contributed by atoms with van der Waals surface area (Å²) < 4.78 is 5.58. The highest BCUT2D eigenvalue weighted by Gasteiger charge is 2.28. The lowest BCUT2D eigenvalue weighted by molar-refractivity contribution is -0.135. The minimum atomic E-state index is 0.0127. The van der Waals surface area contributed by atoms with Gasteiger partial charge in [0.25, 0.3) is 0 Å². The van der Waals surface area contributed by atoms with Gasteiger partial charge >= 0.3 is 0 Å². The number of rotatable bonds is 5. The predicted octanol–water partition coefficient (Wildman–Crippen LogP) is 2.84. The maximum Gasteiger partial charge on any atom is 0.226 e. The summed E-state index contributed by atoms with van der Waals surface area (Å²) in [7, 11) is 0. The lowest BCUT2D eigenvalue weighted by atomic mass is 9.96. The molecule has 1 fully saturated rings. The first kappa shape index (κ1) is 16.1. The van der Waals surface area contributed by atoms with Crippen LogP contribution in [0.25, 0.3) is 0 Å². The lowest BCUT2D eigenvalue weighted by Gasteiger charge is -2.38. The first-order valence-corrected chi connectivity index (χ1v) is 7.90. The fourth-order valence-electron chi connectivity index (χ4n) is 2.77. The van der Waals surface area contributed by atoms with Crippen LogP contribution in [0.2, 0.25) is 5.02 Å². The van der Waals surface area contributed by atoms with Crippen molar-refractivity contribution in [2.24, 2.45) is 5.73 Å². The van der Waals surface area contributed by atoms with Gasteiger partial charge in [0.15, 0.2) is 0 Å². The topological polar surface area (TPSA) is 55.6 Å². The molecule has 2 rings (SSSR count). The average Bonchev–Trinajstić information content (AvgIpc) is 2.49. The van der Waals surface area contributed by atoms with Crippen LogP contribution in [0, 0.1) is 0 Å². The van der Waals surface area contributed by atoms with Crippen molar-refractivity contribution in [2.75, 3.05) is 13.2 Å². The number of benzene rings is 1. The molecule has 0 bridgehead atoms. The Morgan fingerprint density at radius 1 is 1.48 bits per heavy atom. The molecular formula is C16H23ClN2O2. The van der Waals surface area contributed by atoms with Crippen LogP contribution in [0.4, 0.5) is 0 Å². The Labute approximate surface area is 131 Å². The molecule has 0 aliphatic carbocycles. The van der Waals surface area contributed by atoms with E-state index in [0.717, 1.165) is 25.8 Å². The molecule has 1 amide bonds. The van der Waals surface area contributed by atoms with Gasteiger partial charge in [-0.25, -0.2) is 0 Å². The van der Waals surface area contributed by atoms with Gasteiger partial charge in [0.05, 0.1) is 18.1 Å². The van der Waals surface area contributed by atoms with Crippen molar-refractivity contribution in [2.45, 2.75) is 44.7 Å². The molecule has 0 spiro atoms. The highest BCUT2D eigenvalue weighted by molar-refractivity contribution is 6.32. The Morgan fingerprint density at radius 2 is 2.24 bits per heavy atom. The minimum absolute atomic E-state index is 0.0127. The van der Waals surface area contributed by atoms with Crippen molar-refractivity contribution in [3.8, 4) is 5.75 Å². The quantitative estimate of drug-likeness (QED) is 0.910. The van der Waals surface area contributed by atoms with Crippen molar-refractivity contribution >= 4 is 17.5 Å². The third-order valence-electron chi connectivity index (χ3n) is 3.89. The summed E-state index contributed by atoms with van der Waals surface area (Å²) in [6.45, 7) is 3.11. The van der Waals surface area contributed by atoms with E-state index in [0.29, 0.717) is 23.8 Å². The number of hydrogen-bond acceptors (Lipinski definition) is 3. The van der Waals surface area contributed by atoms with E-state index in [9.17, 15) is 4.79 Å². The monoisotopic (exact) mass is 310 g/mol. The highest BCUT2D eigenvalue weighted by atomic mass is 35.5. The molecule has 1 aliphatic rings. The van der Waals surface area contributed by atoms with Crippen LogP contribution < -0.4 is 10.5 Å². The number of carbonyl (C=O) groups excluding carboxylic acids is 1. The summed E-state index contributed by atoms with van der Waals surface area (Å²) in [5, 5.41) is 0.566. The number of hydrogen-bond donors (Lipinski definition) is 1. The Bertz CT molecular complexity index is 479. The maximum absolute atomic E-state index is 12.3. The van der Waals surface area contributed by atoms with Gasteiger partial charge in [-0.1, -0.05) is 23.7 Å². The zero-order valence-electron chi connectivity index (χ0n) is 12.4. The van der Waals surface area contributed by atoms with E-state index in [1.165, 1.54) is 0 Å². The Morgan fingerprint density at radius 3 is 2.95 bits per heavy atom. The molecule has 2 unspecified atom stereocenters. The summed E-state index contributed by atoms with van der Waals surface area (Å²) in [6, 6.07) is 7.46. The molecule has 1 aromatic rings. The van der Waals surface area contributed by atoms with Crippen LogP contribution in [0.15, 0.2) is 24.3 Å². The summed E-state index contributed by atoms with van der Waals surface area (Å²) in [4.78, 5) is 14.3. The molecule has 21 heavy (non-hydrogen) atoms. The highest BCUT2D eigenvalue weighted by Crippen LogP contribution is 2.24. The van der Waals surface area contributed by atoms with Gasteiger partial charge in [-0.05, 0) is 38.3 Å². The van der Waals surface area contributed by atoms with E-state index >= 15 is 0 Å². The van der Waals surface area contributed by atoms with E-state index in [4.69, 9.17) is 22.1 Å². The molecule has 1 heterocycles. The van der Waals surface area contributed by atoms with Gasteiger partial charge in [0.2, 0.25) is 5.91 Å². The molecule has 2 N–H and O–H groups in total. The average molecular weight is 311 g/mol. The number of amides is 1. The molecule has 0 radical (unpaired) electrons. The maximum atomic E-state index is 12.3. The lowest BCUT2D eigenvalue weighted by Crippen LogP contribution is -2.51. The van der Waals surface area contributed by atoms with Crippen LogP contribution in [-0.2, 0) is 4.79 Å². The van der Waals surface area contributed by atoms with Crippen molar-refractivity contribution < 1.29 is 9.53 Å². The Balaban J connectivity index is 1.85. The number of halogens is 1. The Kier molecular flexibility index (Phi) is 5.88. The van der Waals surface area contributed by atoms with Gasteiger partial charge in [0.1, 0.15) is 5.75 Å². The van der Waals surface area contributed by atoms with Crippen LogP contribution in [0.1, 0.15) is 32.6 Å². The number of nitrogens with two attached hydrogens (primary N) is 1. The molecule has 1 aliphatic heterocycles. The number of ether oxygens (including phenoxy) is 1. The van der Waals surface area contributed by atoms with Crippen molar-refractivity contribution in [3.63, 3.8) is 0 Å². The molecule has 2 atom stereocenters. The van der Waals surface area contributed by atoms with E-state index < -0.39 is 0 Å². The zero-order valence-corrected chi connectivity index (χ0v) is 13.2. The minimum Gasteiger partial charge on any atom is -0.491 e. The molecule has 4 nitrogen and oxygen atoms in total. The van der Waals surface area contributed by atoms with Gasteiger partial charge in [0, 0.05) is 18.6 Å². The largest absolute Gasteiger partial charge is 0.491 e. The van der Waals surface area contributed by atoms with Gasteiger partial charge in [-0.15, -0.1) is 0 Å². The third kappa shape index (κ3) is 4.35. The van der Waals surface area contributed by atoms with Gasteiger partial charge in [-0.2, -0.15) is 0 Å². The number of nitrogens with zero attached hydrogens (tertiary/aromatic N) is 1. The second-order valence-electron chi connectivity index (χ2n) is 5.54.